The third-order valence-electron chi connectivity index (χ3n) is 6.05. The number of hydrogen-bond acceptors (Lipinski definition) is 8. The zero-order valence-corrected chi connectivity index (χ0v) is 20.0. The lowest BCUT2D eigenvalue weighted by Gasteiger charge is -2.41. The predicted octanol–water partition coefficient (Wildman–Crippen LogP) is 3.07. The number of rotatable bonds is 4. The Labute approximate surface area is 199 Å². The molecule has 1 spiro atoms. The summed E-state index contributed by atoms with van der Waals surface area (Å²) in [4.78, 5) is 46.7. The number of likely N-dealkylation sites (N-methyl/N-ethyl adjacent to an activating group) is 1. The number of allylic oxidation sites excluding steroid dienone is 1. The van der Waals surface area contributed by atoms with E-state index in [1.54, 1.807) is 29.2 Å². The lowest BCUT2D eigenvalue weighted by Crippen LogP contribution is -2.48. The van der Waals surface area contributed by atoms with Crippen molar-refractivity contribution in [3.05, 3.63) is 74.3 Å². The Hall–Kier alpha value is -3.04. The van der Waals surface area contributed by atoms with Crippen molar-refractivity contribution in [2.24, 2.45) is 0 Å². The molecule has 0 aliphatic carbocycles. The summed E-state index contributed by atoms with van der Waals surface area (Å²) in [7, 11) is 2.49. The lowest BCUT2D eigenvalue weighted by molar-refractivity contribution is -0.142. The van der Waals surface area contributed by atoms with Crippen molar-refractivity contribution in [1.29, 1.82) is 0 Å². The van der Waals surface area contributed by atoms with E-state index in [1.165, 1.54) is 36.9 Å². The quantitative estimate of drug-likeness (QED) is 0.480. The van der Waals surface area contributed by atoms with Crippen LogP contribution < -0.4 is 5.56 Å². The van der Waals surface area contributed by atoms with E-state index in [9.17, 15) is 14.4 Å². The van der Waals surface area contributed by atoms with Crippen molar-refractivity contribution in [2.75, 3.05) is 27.3 Å². The largest absolute Gasteiger partial charge is 0.466 e. The molecule has 2 aliphatic heterocycles. The van der Waals surface area contributed by atoms with Gasteiger partial charge in [-0.15, -0.1) is 0 Å². The molecule has 1 unspecified atom stereocenters. The van der Waals surface area contributed by atoms with E-state index in [0.29, 0.717) is 45.7 Å². The summed E-state index contributed by atoms with van der Waals surface area (Å²) in [6.07, 6.45) is 1.79. The van der Waals surface area contributed by atoms with E-state index < -0.39 is 17.4 Å². The highest BCUT2D eigenvalue weighted by Crippen LogP contribution is 2.57. The summed E-state index contributed by atoms with van der Waals surface area (Å²) < 4.78 is 11.5. The van der Waals surface area contributed by atoms with Gasteiger partial charge in [-0.05, 0) is 42.5 Å². The van der Waals surface area contributed by atoms with Gasteiger partial charge in [0.15, 0.2) is 0 Å². The van der Waals surface area contributed by atoms with Crippen molar-refractivity contribution < 1.29 is 19.1 Å². The normalized spacial score (nSPS) is 19.6. The Morgan fingerprint density at radius 2 is 1.88 bits per heavy atom. The van der Waals surface area contributed by atoms with E-state index in [-0.39, 0.29) is 16.8 Å². The van der Waals surface area contributed by atoms with Gasteiger partial charge in [0, 0.05) is 18.1 Å². The molecule has 0 saturated heterocycles. The maximum absolute atomic E-state index is 13.8. The fraction of sp³-hybridized carbons (Fsp3) is 0.304. The van der Waals surface area contributed by atoms with E-state index >= 15 is 0 Å². The average Bonchev–Trinajstić information content (AvgIpc) is 3.10. The second kappa shape index (κ2) is 8.72. The second-order valence-electron chi connectivity index (χ2n) is 7.54. The summed E-state index contributed by atoms with van der Waals surface area (Å²) in [6, 6.07) is 6.76. The van der Waals surface area contributed by atoms with Crippen LogP contribution in [0.15, 0.2) is 63.2 Å². The first-order valence-electron chi connectivity index (χ1n) is 10.2. The number of halogens is 1. The summed E-state index contributed by atoms with van der Waals surface area (Å²) in [5.41, 5.74) is -0.610. The SMILES string of the molecule is C=C1Sc2ncn(-c3ccc(Cl)cc3)c(=O)c2C12CCN(CC)C(C(=O)OC)=C2C(=O)OC. The minimum Gasteiger partial charge on any atom is -0.466 e. The molecule has 2 aliphatic rings. The molecular formula is C23H22ClN3O5S. The van der Waals surface area contributed by atoms with Crippen molar-refractivity contribution in [3.63, 3.8) is 0 Å². The van der Waals surface area contributed by atoms with Crippen molar-refractivity contribution >= 4 is 35.3 Å². The highest BCUT2D eigenvalue weighted by molar-refractivity contribution is 8.03. The average molecular weight is 488 g/mol. The molecule has 0 bridgehead atoms. The molecule has 2 aromatic rings. The molecule has 0 radical (unpaired) electrons. The summed E-state index contributed by atoms with van der Waals surface area (Å²) in [5, 5.41) is 0.984. The summed E-state index contributed by atoms with van der Waals surface area (Å²) in [5.74, 6) is -1.39. The van der Waals surface area contributed by atoms with Gasteiger partial charge >= 0.3 is 11.9 Å². The predicted molar refractivity (Wildman–Crippen MR) is 124 cm³/mol. The minimum atomic E-state index is -1.25. The molecule has 0 saturated carbocycles. The first-order chi connectivity index (χ1) is 15.8. The first-order valence-corrected chi connectivity index (χ1v) is 11.4. The highest BCUT2D eigenvalue weighted by atomic mass is 35.5. The monoisotopic (exact) mass is 487 g/mol. The van der Waals surface area contributed by atoms with Crippen LogP contribution in [-0.2, 0) is 24.5 Å². The van der Waals surface area contributed by atoms with Gasteiger partial charge in [0.2, 0.25) is 0 Å². The van der Waals surface area contributed by atoms with Gasteiger partial charge in [0.05, 0.1) is 36.5 Å². The number of aromatic nitrogens is 2. The molecule has 8 nitrogen and oxygen atoms in total. The Morgan fingerprint density at radius 1 is 1.21 bits per heavy atom. The van der Waals surface area contributed by atoms with E-state index in [2.05, 4.69) is 11.6 Å². The van der Waals surface area contributed by atoms with E-state index in [0.717, 1.165) is 0 Å². The fourth-order valence-electron chi connectivity index (χ4n) is 4.46. The zero-order valence-electron chi connectivity index (χ0n) is 18.4. The van der Waals surface area contributed by atoms with E-state index in [4.69, 9.17) is 21.1 Å². The zero-order chi connectivity index (χ0) is 23.9. The second-order valence-corrected chi connectivity index (χ2v) is 9.06. The maximum atomic E-state index is 13.8. The van der Waals surface area contributed by atoms with Crippen LogP contribution in [0, 0.1) is 0 Å². The molecule has 1 aromatic carbocycles. The third kappa shape index (κ3) is 3.46. The van der Waals surface area contributed by atoms with Gasteiger partial charge in [-0.25, -0.2) is 14.6 Å². The molecule has 1 atom stereocenters. The van der Waals surface area contributed by atoms with Crippen LogP contribution in [0.1, 0.15) is 18.9 Å². The topological polar surface area (TPSA) is 90.7 Å². The van der Waals surface area contributed by atoms with Crippen molar-refractivity contribution in [2.45, 2.75) is 23.8 Å². The number of benzene rings is 1. The van der Waals surface area contributed by atoms with Crippen LogP contribution >= 0.6 is 23.4 Å². The maximum Gasteiger partial charge on any atom is 0.354 e. The Kier molecular flexibility index (Phi) is 6.11. The molecular weight excluding hydrogens is 466 g/mol. The Balaban J connectivity index is 2.06. The number of carbonyl (C=O) groups excluding carboxylic acids is 2. The van der Waals surface area contributed by atoms with Gasteiger partial charge in [-0.1, -0.05) is 29.9 Å². The van der Waals surface area contributed by atoms with Crippen LogP contribution in [0.25, 0.3) is 5.69 Å². The van der Waals surface area contributed by atoms with Crippen molar-refractivity contribution in [1.82, 2.24) is 14.5 Å². The Morgan fingerprint density at radius 3 is 2.48 bits per heavy atom. The number of carbonyl (C=O) groups is 2. The molecule has 10 heteroatoms. The smallest absolute Gasteiger partial charge is 0.354 e. The molecule has 33 heavy (non-hydrogen) atoms. The molecule has 4 rings (SSSR count). The van der Waals surface area contributed by atoms with Gasteiger partial charge in [0.25, 0.3) is 5.56 Å². The standard InChI is InChI=1S/C23H22ClN3O5S/c1-5-26-11-10-23(16(21(29)31-3)18(26)22(30)32-4)13(2)33-19-17(23)20(28)27(12-25-19)15-8-6-14(24)7-9-15/h6-9,12H,2,5,10-11H2,1,3-4H3. The highest BCUT2D eigenvalue weighted by Gasteiger charge is 2.56. The number of esters is 2. The number of methoxy groups -OCH3 is 2. The molecule has 1 aromatic heterocycles. The van der Waals surface area contributed by atoms with Crippen LogP contribution in [0.2, 0.25) is 5.02 Å². The number of ether oxygens (including phenoxy) is 2. The van der Waals surface area contributed by atoms with Crippen LogP contribution in [-0.4, -0.2) is 53.7 Å². The molecule has 0 fully saturated rings. The number of hydrogen-bond donors (Lipinski definition) is 0. The van der Waals surface area contributed by atoms with Crippen LogP contribution in [0.5, 0.6) is 0 Å². The van der Waals surface area contributed by atoms with Crippen molar-refractivity contribution in [3.8, 4) is 5.69 Å². The van der Waals surface area contributed by atoms with Crippen LogP contribution in [0.4, 0.5) is 0 Å². The van der Waals surface area contributed by atoms with Gasteiger partial charge in [-0.3, -0.25) is 9.36 Å². The fourth-order valence-corrected chi connectivity index (χ4v) is 5.76. The Bertz CT molecular complexity index is 1250. The van der Waals surface area contributed by atoms with Gasteiger partial charge < -0.3 is 14.4 Å². The third-order valence-corrected chi connectivity index (χ3v) is 7.40. The lowest BCUT2D eigenvalue weighted by atomic mass is 9.69. The summed E-state index contributed by atoms with van der Waals surface area (Å²) in [6.45, 7) is 6.94. The van der Waals surface area contributed by atoms with Crippen LogP contribution in [0.3, 0.4) is 0 Å². The summed E-state index contributed by atoms with van der Waals surface area (Å²) >= 11 is 7.23. The van der Waals surface area contributed by atoms with Gasteiger partial charge in [-0.2, -0.15) is 0 Å². The molecule has 3 heterocycles. The first kappa shape index (κ1) is 23.1. The molecule has 0 amide bonds. The van der Waals surface area contributed by atoms with Gasteiger partial charge in [0.1, 0.15) is 17.1 Å². The van der Waals surface area contributed by atoms with E-state index in [1.807, 2.05) is 6.92 Å². The molecule has 0 N–H and O–H groups in total. The number of nitrogens with zero attached hydrogens (tertiary/aromatic N) is 3. The molecule has 172 valence electrons. The number of thioether (sulfide) groups is 1. The minimum absolute atomic E-state index is 0.0500. The number of fused-ring (bicyclic) bond motifs is 2.